The highest BCUT2D eigenvalue weighted by Crippen LogP contribution is 2.23. The predicted molar refractivity (Wildman–Crippen MR) is 88.4 cm³/mol. The van der Waals surface area contributed by atoms with Crippen LogP contribution in [-0.4, -0.2) is 61.8 Å². The van der Waals surface area contributed by atoms with Gasteiger partial charge in [0.05, 0.1) is 6.04 Å². The van der Waals surface area contributed by atoms with Gasteiger partial charge in [-0.15, -0.1) is 0 Å². The molecule has 3 rings (SSSR count). The molecule has 24 heavy (non-hydrogen) atoms. The molecule has 0 radical (unpaired) electrons. The van der Waals surface area contributed by atoms with E-state index in [0.717, 1.165) is 31.0 Å². The molecule has 2 aliphatic rings. The molecule has 1 saturated heterocycles. The zero-order valence-corrected chi connectivity index (χ0v) is 14.5. The lowest BCUT2D eigenvalue weighted by molar-refractivity contribution is -0.132. The number of amides is 2. The van der Waals surface area contributed by atoms with Crippen molar-refractivity contribution in [3.8, 4) is 0 Å². The van der Waals surface area contributed by atoms with Gasteiger partial charge in [-0.05, 0) is 33.6 Å². The highest BCUT2D eigenvalue weighted by atomic mass is 16.2. The van der Waals surface area contributed by atoms with E-state index in [1.165, 1.54) is 5.01 Å². The summed E-state index contributed by atoms with van der Waals surface area (Å²) in [6.07, 6.45) is 2.70. The minimum atomic E-state index is -0.0554. The van der Waals surface area contributed by atoms with Gasteiger partial charge in [-0.2, -0.15) is 10.2 Å². The number of hydrogen-bond donors (Lipinski definition) is 0. The fourth-order valence-corrected chi connectivity index (χ4v) is 3.41. The van der Waals surface area contributed by atoms with Crippen molar-refractivity contribution in [1.82, 2.24) is 24.7 Å². The summed E-state index contributed by atoms with van der Waals surface area (Å²) in [4.78, 5) is 30.7. The third-order valence-corrected chi connectivity index (χ3v) is 4.59. The van der Waals surface area contributed by atoms with Gasteiger partial charge in [-0.25, -0.2) is 14.7 Å². The third kappa shape index (κ3) is 3.18. The van der Waals surface area contributed by atoms with Crippen molar-refractivity contribution < 1.29 is 9.59 Å². The number of likely N-dealkylation sites (tertiary alicyclic amines) is 1. The minimum absolute atomic E-state index is 0.0145. The lowest BCUT2D eigenvalue weighted by Gasteiger charge is -2.34. The van der Waals surface area contributed by atoms with Gasteiger partial charge in [0.2, 0.25) is 5.91 Å². The Kier molecular flexibility index (Phi) is 4.64. The predicted octanol–water partition coefficient (Wildman–Crippen LogP) is 1.06. The maximum absolute atomic E-state index is 12.8. The van der Waals surface area contributed by atoms with Crippen molar-refractivity contribution in [1.29, 1.82) is 0 Å². The largest absolute Gasteiger partial charge is 0.335 e. The summed E-state index contributed by atoms with van der Waals surface area (Å²) in [5.41, 5.74) is 0.489. The van der Waals surface area contributed by atoms with Gasteiger partial charge < -0.3 is 4.90 Å². The van der Waals surface area contributed by atoms with Crippen LogP contribution in [0.1, 0.15) is 50.3 Å². The number of hydrogen-bond acceptors (Lipinski definition) is 5. The quantitative estimate of drug-likeness (QED) is 0.828. The third-order valence-electron chi connectivity index (χ3n) is 4.59. The highest BCUT2D eigenvalue weighted by Gasteiger charge is 2.31. The Morgan fingerprint density at radius 1 is 1.29 bits per heavy atom. The average molecular weight is 332 g/mol. The maximum Gasteiger partial charge on any atom is 0.270 e. The van der Waals surface area contributed by atoms with Crippen molar-refractivity contribution in [3.63, 3.8) is 0 Å². The summed E-state index contributed by atoms with van der Waals surface area (Å²) in [6, 6.07) is 0.150. The van der Waals surface area contributed by atoms with Gasteiger partial charge in [0.25, 0.3) is 5.91 Å². The summed E-state index contributed by atoms with van der Waals surface area (Å²) in [5.74, 6) is 1.56. The van der Waals surface area contributed by atoms with E-state index in [-0.39, 0.29) is 17.9 Å². The molecule has 0 bridgehead atoms. The van der Waals surface area contributed by atoms with Crippen LogP contribution in [0.2, 0.25) is 0 Å². The van der Waals surface area contributed by atoms with E-state index in [1.807, 2.05) is 30.4 Å². The van der Waals surface area contributed by atoms with Gasteiger partial charge in [0, 0.05) is 32.5 Å². The van der Waals surface area contributed by atoms with Crippen molar-refractivity contribution in [2.75, 3.05) is 19.6 Å². The normalized spacial score (nSPS) is 21.9. The van der Waals surface area contributed by atoms with Crippen LogP contribution in [0.15, 0.2) is 5.10 Å². The van der Waals surface area contributed by atoms with Crippen LogP contribution in [0.3, 0.4) is 0 Å². The summed E-state index contributed by atoms with van der Waals surface area (Å²) in [7, 11) is 0. The minimum Gasteiger partial charge on any atom is -0.335 e. The van der Waals surface area contributed by atoms with E-state index < -0.39 is 0 Å². The van der Waals surface area contributed by atoms with Crippen LogP contribution in [0, 0.1) is 13.8 Å². The molecule has 0 saturated carbocycles. The Morgan fingerprint density at radius 2 is 2.08 bits per heavy atom. The molecule has 8 heteroatoms. The molecule has 0 N–H and O–H groups in total. The lowest BCUT2D eigenvalue weighted by atomic mass is 10.0. The summed E-state index contributed by atoms with van der Waals surface area (Å²) in [5, 5.41) is 10.1. The molecule has 2 aliphatic heterocycles. The monoisotopic (exact) mass is 332 g/mol. The maximum atomic E-state index is 12.8. The standard InChI is InChI=1S/C16H24N6O2/c1-4-21-15(23)8-7-14(19-21)16(24)20-9-5-6-13(10-20)22-12(3)17-11(2)18-22/h13H,4-10H2,1-3H3. The molecule has 1 aromatic rings. The van der Waals surface area contributed by atoms with Crippen LogP contribution < -0.4 is 0 Å². The molecule has 0 aromatic carbocycles. The first-order valence-electron chi connectivity index (χ1n) is 8.56. The Labute approximate surface area is 141 Å². The van der Waals surface area contributed by atoms with Gasteiger partial charge in [0.1, 0.15) is 17.4 Å². The summed E-state index contributed by atoms with van der Waals surface area (Å²) in [6.45, 7) is 7.51. The average Bonchev–Trinajstić information content (AvgIpc) is 2.93. The van der Waals surface area contributed by atoms with Gasteiger partial charge in [0.15, 0.2) is 0 Å². The van der Waals surface area contributed by atoms with E-state index >= 15 is 0 Å². The Morgan fingerprint density at radius 3 is 2.75 bits per heavy atom. The number of aromatic nitrogens is 3. The first kappa shape index (κ1) is 16.6. The van der Waals surface area contributed by atoms with E-state index in [4.69, 9.17) is 0 Å². The van der Waals surface area contributed by atoms with E-state index in [1.54, 1.807) is 0 Å². The molecule has 1 unspecified atom stereocenters. The summed E-state index contributed by atoms with van der Waals surface area (Å²) >= 11 is 0. The molecule has 1 fully saturated rings. The number of rotatable bonds is 3. The zero-order chi connectivity index (χ0) is 17.3. The lowest BCUT2D eigenvalue weighted by Crippen LogP contribution is -2.46. The fourth-order valence-electron chi connectivity index (χ4n) is 3.41. The van der Waals surface area contributed by atoms with Crippen molar-refractivity contribution >= 4 is 17.5 Å². The molecule has 3 heterocycles. The molecule has 130 valence electrons. The first-order valence-corrected chi connectivity index (χ1v) is 8.56. The van der Waals surface area contributed by atoms with Gasteiger partial charge in [-0.1, -0.05) is 0 Å². The number of hydrazone groups is 1. The second-order valence-corrected chi connectivity index (χ2v) is 6.35. The van der Waals surface area contributed by atoms with Gasteiger partial charge in [-0.3, -0.25) is 9.59 Å². The van der Waals surface area contributed by atoms with Crippen LogP contribution >= 0.6 is 0 Å². The van der Waals surface area contributed by atoms with Gasteiger partial charge >= 0.3 is 0 Å². The number of piperidine rings is 1. The molecular weight excluding hydrogens is 308 g/mol. The van der Waals surface area contributed by atoms with Crippen molar-refractivity contribution in [3.05, 3.63) is 11.6 Å². The molecule has 0 spiro atoms. The molecule has 1 atom stereocenters. The molecular formula is C16H24N6O2. The SMILES string of the molecule is CCN1N=C(C(=O)N2CCCC(n3nc(C)nc3C)C2)CCC1=O. The number of carbonyl (C=O) groups excluding carboxylic acids is 2. The van der Waals surface area contributed by atoms with Crippen LogP contribution in [0.25, 0.3) is 0 Å². The van der Waals surface area contributed by atoms with Crippen molar-refractivity contribution in [2.24, 2.45) is 5.10 Å². The molecule has 8 nitrogen and oxygen atoms in total. The second kappa shape index (κ2) is 6.70. The molecule has 2 amide bonds. The van der Waals surface area contributed by atoms with E-state index in [0.29, 0.717) is 31.6 Å². The Balaban J connectivity index is 1.74. The number of nitrogens with zero attached hydrogens (tertiary/aromatic N) is 6. The zero-order valence-electron chi connectivity index (χ0n) is 14.5. The van der Waals surface area contributed by atoms with Crippen molar-refractivity contribution in [2.45, 2.75) is 52.5 Å². The van der Waals surface area contributed by atoms with Crippen LogP contribution in [0.4, 0.5) is 0 Å². The van der Waals surface area contributed by atoms with Crippen LogP contribution in [0.5, 0.6) is 0 Å². The van der Waals surface area contributed by atoms with E-state index in [2.05, 4.69) is 15.2 Å². The fraction of sp³-hybridized carbons (Fsp3) is 0.688. The topological polar surface area (TPSA) is 83.7 Å². The van der Waals surface area contributed by atoms with E-state index in [9.17, 15) is 9.59 Å². The Hall–Kier alpha value is -2.25. The number of aryl methyl sites for hydroxylation is 2. The Bertz CT molecular complexity index is 680. The first-order chi connectivity index (χ1) is 11.5. The highest BCUT2D eigenvalue weighted by molar-refractivity contribution is 6.39. The smallest absolute Gasteiger partial charge is 0.270 e. The number of carbonyl (C=O) groups is 2. The molecule has 0 aliphatic carbocycles. The van der Waals surface area contributed by atoms with Crippen LogP contribution in [-0.2, 0) is 9.59 Å². The second-order valence-electron chi connectivity index (χ2n) is 6.35. The summed E-state index contributed by atoms with van der Waals surface area (Å²) < 4.78 is 1.93. The molecule has 1 aromatic heterocycles.